The Labute approximate surface area is 124 Å². The van der Waals surface area contributed by atoms with Gasteiger partial charge in [-0.05, 0) is 44.2 Å². The summed E-state index contributed by atoms with van der Waals surface area (Å²) in [5.74, 6) is 0.268. The Balaban J connectivity index is 1.79. The molecule has 0 fully saturated rings. The first-order valence-electron chi connectivity index (χ1n) is 7.34. The second-order valence-electron chi connectivity index (χ2n) is 5.72. The van der Waals surface area contributed by atoms with Gasteiger partial charge in [-0.15, -0.1) is 11.3 Å². The number of fused-ring (bicyclic) bond motifs is 1. The fourth-order valence-electron chi connectivity index (χ4n) is 3.14. The molecule has 0 saturated heterocycles. The van der Waals surface area contributed by atoms with Crippen LogP contribution in [0.25, 0.3) is 0 Å². The van der Waals surface area contributed by atoms with Crippen LogP contribution in [-0.2, 0) is 12.8 Å². The zero-order valence-electron chi connectivity index (χ0n) is 12.1. The molecule has 106 valence electrons. The summed E-state index contributed by atoms with van der Waals surface area (Å²) in [6, 6.07) is 8.56. The zero-order chi connectivity index (χ0) is 14.1. The van der Waals surface area contributed by atoms with E-state index in [2.05, 4.69) is 36.2 Å². The van der Waals surface area contributed by atoms with Crippen LogP contribution in [0.3, 0.4) is 0 Å². The minimum Gasteiger partial charge on any atom is -0.392 e. The van der Waals surface area contributed by atoms with E-state index in [0.29, 0.717) is 6.42 Å². The van der Waals surface area contributed by atoms with Crippen LogP contribution in [0.5, 0.6) is 0 Å². The molecule has 1 N–H and O–H groups in total. The predicted octanol–water partition coefficient (Wildman–Crippen LogP) is 3.78. The van der Waals surface area contributed by atoms with E-state index in [0.717, 1.165) is 23.5 Å². The van der Waals surface area contributed by atoms with Crippen LogP contribution in [0.15, 0.2) is 24.3 Å². The molecule has 1 aliphatic rings. The van der Waals surface area contributed by atoms with Crippen LogP contribution in [-0.4, -0.2) is 16.2 Å². The summed E-state index contributed by atoms with van der Waals surface area (Å²) in [5, 5.41) is 11.7. The van der Waals surface area contributed by atoms with Crippen molar-refractivity contribution >= 4 is 11.3 Å². The molecule has 2 atom stereocenters. The number of thiazole rings is 1. The molecule has 0 aliphatic heterocycles. The number of hydrogen-bond acceptors (Lipinski definition) is 3. The number of aliphatic hydroxyl groups excluding tert-OH is 1. The molecule has 0 spiro atoms. The lowest BCUT2D eigenvalue weighted by Crippen LogP contribution is -2.24. The number of nitrogens with zero attached hydrogens (tertiary/aromatic N) is 1. The fourth-order valence-corrected chi connectivity index (χ4v) is 4.12. The first kappa shape index (κ1) is 13.8. The molecule has 3 rings (SSSR count). The SMILES string of the molecule is Cc1nc(CC(O)C2CCCc3ccccc32)sc1C. The highest BCUT2D eigenvalue weighted by Gasteiger charge is 2.27. The third-order valence-electron chi connectivity index (χ3n) is 4.34. The van der Waals surface area contributed by atoms with Crippen molar-refractivity contribution in [2.75, 3.05) is 0 Å². The van der Waals surface area contributed by atoms with E-state index >= 15 is 0 Å². The monoisotopic (exact) mass is 287 g/mol. The Kier molecular flexibility index (Phi) is 3.90. The Morgan fingerprint density at radius 3 is 2.90 bits per heavy atom. The summed E-state index contributed by atoms with van der Waals surface area (Å²) in [4.78, 5) is 5.82. The van der Waals surface area contributed by atoms with Crippen molar-refractivity contribution in [3.05, 3.63) is 51.0 Å². The topological polar surface area (TPSA) is 33.1 Å². The highest BCUT2D eigenvalue weighted by Crippen LogP contribution is 2.35. The van der Waals surface area contributed by atoms with Gasteiger partial charge in [0.25, 0.3) is 0 Å². The standard InChI is InChI=1S/C17H21NOS/c1-11-12(2)20-17(18-11)10-16(19)15-9-5-7-13-6-3-4-8-14(13)15/h3-4,6,8,15-16,19H,5,7,9-10H2,1-2H3. The van der Waals surface area contributed by atoms with Gasteiger partial charge in [-0.2, -0.15) is 0 Å². The maximum absolute atomic E-state index is 10.6. The molecule has 0 bridgehead atoms. The van der Waals surface area contributed by atoms with E-state index in [9.17, 15) is 5.11 Å². The molecule has 0 radical (unpaired) electrons. The Morgan fingerprint density at radius 1 is 1.35 bits per heavy atom. The highest BCUT2D eigenvalue weighted by atomic mass is 32.1. The van der Waals surface area contributed by atoms with E-state index in [1.165, 1.54) is 22.4 Å². The molecule has 1 aliphatic carbocycles. The molecule has 0 saturated carbocycles. The lowest BCUT2D eigenvalue weighted by Gasteiger charge is -2.29. The average Bonchev–Trinajstić information content (AvgIpc) is 2.76. The molecule has 3 heteroatoms. The second kappa shape index (κ2) is 5.66. The van der Waals surface area contributed by atoms with Gasteiger partial charge in [0.05, 0.1) is 16.8 Å². The smallest absolute Gasteiger partial charge is 0.0956 e. The van der Waals surface area contributed by atoms with E-state index in [-0.39, 0.29) is 12.0 Å². The van der Waals surface area contributed by atoms with E-state index in [1.54, 1.807) is 11.3 Å². The molecule has 1 aromatic carbocycles. The first-order valence-corrected chi connectivity index (χ1v) is 8.15. The summed E-state index contributed by atoms with van der Waals surface area (Å²) in [6.07, 6.45) is 3.77. The van der Waals surface area contributed by atoms with Crippen molar-refractivity contribution in [2.45, 2.75) is 51.6 Å². The van der Waals surface area contributed by atoms with Gasteiger partial charge in [0.2, 0.25) is 0 Å². The van der Waals surface area contributed by atoms with Crippen molar-refractivity contribution in [3.63, 3.8) is 0 Å². The second-order valence-corrected chi connectivity index (χ2v) is 7.01. The number of aryl methyl sites for hydroxylation is 3. The minimum absolute atomic E-state index is 0.268. The van der Waals surface area contributed by atoms with Crippen LogP contribution in [0.2, 0.25) is 0 Å². The van der Waals surface area contributed by atoms with Gasteiger partial charge in [-0.1, -0.05) is 24.3 Å². The quantitative estimate of drug-likeness (QED) is 0.932. The highest BCUT2D eigenvalue weighted by molar-refractivity contribution is 7.11. The summed E-state index contributed by atoms with van der Waals surface area (Å²) < 4.78 is 0. The maximum atomic E-state index is 10.6. The van der Waals surface area contributed by atoms with Crippen LogP contribution in [0.4, 0.5) is 0 Å². The molecule has 2 nitrogen and oxygen atoms in total. The van der Waals surface area contributed by atoms with E-state index in [4.69, 9.17) is 0 Å². The zero-order valence-corrected chi connectivity index (χ0v) is 12.9. The third kappa shape index (κ3) is 2.65. The number of rotatable bonds is 3. The Hall–Kier alpha value is -1.19. The Morgan fingerprint density at radius 2 is 2.15 bits per heavy atom. The summed E-state index contributed by atoms with van der Waals surface area (Å²) >= 11 is 1.72. The summed E-state index contributed by atoms with van der Waals surface area (Å²) in [5.41, 5.74) is 3.85. The van der Waals surface area contributed by atoms with Gasteiger partial charge >= 0.3 is 0 Å². The first-order chi connectivity index (χ1) is 9.65. The van der Waals surface area contributed by atoms with Gasteiger partial charge < -0.3 is 5.11 Å². The lowest BCUT2D eigenvalue weighted by atomic mass is 9.79. The molecular formula is C17H21NOS. The number of benzene rings is 1. The van der Waals surface area contributed by atoms with Gasteiger partial charge in [-0.3, -0.25) is 0 Å². The van der Waals surface area contributed by atoms with Gasteiger partial charge in [-0.25, -0.2) is 4.98 Å². The van der Waals surface area contributed by atoms with E-state index < -0.39 is 0 Å². The predicted molar refractivity (Wildman–Crippen MR) is 83.4 cm³/mol. The van der Waals surface area contributed by atoms with Crippen molar-refractivity contribution in [2.24, 2.45) is 0 Å². The van der Waals surface area contributed by atoms with Gasteiger partial charge in [0.1, 0.15) is 0 Å². The molecular weight excluding hydrogens is 266 g/mol. The van der Waals surface area contributed by atoms with Crippen molar-refractivity contribution in [3.8, 4) is 0 Å². The molecule has 2 aromatic rings. The maximum Gasteiger partial charge on any atom is 0.0956 e. The van der Waals surface area contributed by atoms with Crippen molar-refractivity contribution in [1.29, 1.82) is 0 Å². The average molecular weight is 287 g/mol. The van der Waals surface area contributed by atoms with Crippen LogP contribution >= 0.6 is 11.3 Å². The molecule has 2 unspecified atom stereocenters. The van der Waals surface area contributed by atoms with Crippen LogP contribution in [0.1, 0.15) is 45.5 Å². The molecule has 1 aromatic heterocycles. The summed E-state index contributed by atoms with van der Waals surface area (Å²) in [6.45, 7) is 4.14. The summed E-state index contributed by atoms with van der Waals surface area (Å²) in [7, 11) is 0. The van der Waals surface area contributed by atoms with E-state index in [1.807, 2.05) is 6.92 Å². The van der Waals surface area contributed by atoms with Crippen molar-refractivity contribution < 1.29 is 5.11 Å². The third-order valence-corrected chi connectivity index (χ3v) is 5.43. The fraction of sp³-hybridized carbons (Fsp3) is 0.471. The van der Waals surface area contributed by atoms with Crippen LogP contribution < -0.4 is 0 Å². The van der Waals surface area contributed by atoms with Crippen LogP contribution in [0, 0.1) is 13.8 Å². The number of hydrogen-bond donors (Lipinski definition) is 1. The normalized spacial score (nSPS) is 19.6. The number of aromatic nitrogens is 1. The minimum atomic E-state index is -0.318. The van der Waals surface area contributed by atoms with Gasteiger partial charge in [0, 0.05) is 17.2 Å². The lowest BCUT2D eigenvalue weighted by molar-refractivity contribution is 0.134. The number of aliphatic hydroxyl groups is 1. The Bertz CT molecular complexity index is 585. The van der Waals surface area contributed by atoms with Gasteiger partial charge in [0.15, 0.2) is 0 Å². The van der Waals surface area contributed by atoms with Crippen molar-refractivity contribution in [1.82, 2.24) is 4.98 Å². The molecule has 0 amide bonds. The molecule has 1 heterocycles. The molecule has 20 heavy (non-hydrogen) atoms. The largest absolute Gasteiger partial charge is 0.392 e.